The van der Waals surface area contributed by atoms with Crippen molar-refractivity contribution in [3.05, 3.63) is 53.6 Å². The van der Waals surface area contributed by atoms with Crippen LogP contribution in [0.5, 0.6) is 11.5 Å². The lowest BCUT2D eigenvalue weighted by molar-refractivity contribution is 0.152. The monoisotopic (exact) mass is 408 g/mol. The highest BCUT2D eigenvalue weighted by Gasteiger charge is 2.19. The lowest BCUT2D eigenvalue weighted by atomic mass is 10.0. The summed E-state index contributed by atoms with van der Waals surface area (Å²) in [4.78, 5) is 7.16. The molecular formula is C24H32N4O2. The molecule has 4 rings (SSSR count). The van der Waals surface area contributed by atoms with Crippen LogP contribution in [0, 0.1) is 0 Å². The Labute approximate surface area is 179 Å². The number of ether oxygens (including phenoxy) is 2. The largest absolute Gasteiger partial charge is 0.490 e. The number of guanidine groups is 1. The molecule has 0 spiro atoms. The SMILES string of the molecule is CC1CCCCN1Cc1ccccc1CN=C(N)Nc1ccc2c(c1)OCCCO2. The van der Waals surface area contributed by atoms with Crippen LogP contribution in [0.25, 0.3) is 0 Å². The van der Waals surface area contributed by atoms with E-state index in [0.717, 1.165) is 30.2 Å². The summed E-state index contributed by atoms with van der Waals surface area (Å²) in [5.74, 6) is 1.91. The fourth-order valence-electron chi connectivity index (χ4n) is 4.08. The molecule has 0 aromatic heterocycles. The van der Waals surface area contributed by atoms with Crippen LogP contribution in [0.4, 0.5) is 5.69 Å². The van der Waals surface area contributed by atoms with Crippen LogP contribution < -0.4 is 20.5 Å². The number of nitrogens with one attached hydrogen (secondary N) is 1. The minimum absolute atomic E-state index is 0.394. The number of fused-ring (bicyclic) bond motifs is 1. The number of rotatable bonds is 5. The molecule has 2 aromatic rings. The highest BCUT2D eigenvalue weighted by molar-refractivity contribution is 5.92. The maximum Gasteiger partial charge on any atom is 0.193 e. The van der Waals surface area contributed by atoms with Crippen LogP contribution in [0.2, 0.25) is 0 Å². The molecule has 0 aliphatic carbocycles. The zero-order chi connectivity index (χ0) is 20.8. The Kier molecular flexibility index (Phi) is 6.74. The van der Waals surface area contributed by atoms with Gasteiger partial charge in [-0.25, -0.2) is 4.99 Å². The number of anilines is 1. The third kappa shape index (κ3) is 5.25. The molecule has 1 atom stereocenters. The standard InChI is InChI=1S/C24H32N4O2/c1-18-7-4-5-12-28(18)17-20-9-3-2-8-19(20)16-26-24(25)27-21-10-11-22-23(15-21)30-14-6-13-29-22/h2-3,8-11,15,18H,4-7,12-14,16-17H2,1H3,(H3,25,26,27). The van der Waals surface area contributed by atoms with Crippen LogP contribution in [0.1, 0.15) is 43.7 Å². The van der Waals surface area contributed by atoms with Crippen molar-refractivity contribution in [2.45, 2.75) is 51.7 Å². The minimum Gasteiger partial charge on any atom is -0.490 e. The fourth-order valence-corrected chi connectivity index (χ4v) is 4.08. The molecule has 0 saturated carbocycles. The number of hydrogen-bond acceptors (Lipinski definition) is 4. The van der Waals surface area contributed by atoms with Gasteiger partial charge in [0.15, 0.2) is 17.5 Å². The quantitative estimate of drug-likeness (QED) is 0.574. The number of benzene rings is 2. The molecule has 0 radical (unpaired) electrons. The van der Waals surface area contributed by atoms with E-state index in [0.29, 0.717) is 31.8 Å². The maximum absolute atomic E-state index is 6.17. The van der Waals surface area contributed by atoms with Gasteiger partial charge in [-0.1, -0.05) is 30.7 Å². The maximum atomic E-state index is 6.17. The third-order valence-electron chi connectivity index (χ3n) is 5.87. The molecule has 0 amide bonds. The van der Waals surface area contributed by atoms with Crippen LogP contribution >= 0.6 is 0 Å². The van der Waals surface area contributed by atoms with Gasteiger partial charge in [0, 0.05) is 30.8 Å². The van der Waals surface area contributed by atoms with E-state index in [-0.39, 0.29) is 0 Å². The van der Waals surface area contributed by atoms with E-state index >= 15 is 0 Å². The van der Waals surface area contributed by atoms with E-state index in [1.807, 2.05) is 18.2 Å². The van der Waals surface area contributed by atoms with Crippen LogP contribution in [0.3, 0.4) is 0 Å². The van der Waals surface area contributed by atoms with Crippen molar-refractivity contribution < 1.29 is 9.47 Å². The summed E-state index contributed by atoms with van der Waals surface area (Å²) in [6.07, 6.45) is 4.80. The number of hydrogen-bond donors (Lipinski definition) is 2. The molecule has 1 fully saturated rings. The summed E-state index contributed by atoms with van der Waals surface area (Å²) in [6.45, 7) is 6.37. The number of nitrogens with zero attached hydrogens (tertiary/aromatic N) is 2. The second-order valence-electron chi connectivity index (χ2n) is 8.12. The van der Waals surface area contributed by atoms with Gasteiger partial charge in [-0.05, 0) is 49.6 Å². The first kappa shape index (κ1) is 20.5. The smallest absolute Gasteiger partial charge is 0.193 e. The lowest BCUT2D eigenvalue weighted by Gasteiger charge is -2.33. The van der Waals surface area contributed by atoms with Gasteiger partial charge in [0.1, 0.15) is 0 Å². The number of piperidine rings is 1. The van der Waals surface area contributed by atoms with Gasteiger partial charge >= 0.3 is 0 Å². The number of nitrogens with two attached hydrogens (primary N) is 1. The average molecular weight is 409 g/mol. The Hall–Kier alpha value is -2.73. The van der Waals surface area contributed by atoms with Crippen molar-refractivity contribution in [2.75, 3.05) is 25.1 Å². The van der Waals surface area contributed by atoms with Crippen molar-refractivity contribution >= 4 is 11.6 Å². The molecule has 2 heterocycles. The zero-order valence-corrected chi connectivity index (χ0v) is 17.8. The lowest BCUT2D eigenvalue weighted by Crippen LogP contribution is -2.37. The summed E-state index contributed by atoms with van der Waals surface area (Å²) in [6, 6.07) is 14.9. The Morgan fingerprint density at radius 2 is 1.87 bits per heavy atom. The first-order valence-electron chi connectivity index (χ1n) is 11.0. The van der Waals surface area contributed by atoms with Gasteiger partial charge in [0.25, 0.3) is 0 Å². The molecule has 30 heavy (non-hydrogen) atoms. The first-order valence-corrected chi connectivity index (χ1v) is 11.0. The third-order valence-corrected chi connectivity index (χ3v) is 5.87. The van der Waals surface area contributed by atoms with Gasteiger partial charge in [-0.15, -0.1) is 0 Å². The normalized spacial score (nSPS) is 19.9. The molecule has 6 nitrogen and oxygen atoms in total. The van der Waals surface area contributed by atoms with Crippen molar-refractivity contribution in [3.63, 3.8) is 0 Å². The van der Waals surface area contributed by atoms with Gasteiger partial charge in [-0.3, -0.25) is 4.90 Å². The molecule has 3 N–H and O–H groups in total. The van der Waals surface area contributed by atoms with Crippen LogP contribution in [-0.4, -0.2) is 36.7 Å². The van der Waals surface area contributed by atoms with E-state index in [4.69, 9.17) is 15.2 Å². The van der Waals surface area contributed by atoms with Gasteiger partial charge < -0.3 is 20.5 Å². The van der Waals surface area contributed by atoms with E-state index in [2.05, 4.69) is 46.4 Å². The first-order chi connectivity index (χ1) is 14.7. The molecule has 2 aliphatic rings. The van der Waals surface area contributed by atoms with Crippen molar-refractivity contribution in [1.29, 1.82) is 0 Å². The zero-order valence-electron chi connectivity index (χ0n) is 17.8. The molecular weight excluding hydrogens is 376 g/mol. The van der Waals surface area contributed by atoms with Crippen molar-refractivity contribution in [1.82, 2.24) is 4.90 Å². The van der Waals surface area contributed by atoms with E-state index in [9.17, 15) is 0 Å². The predicted molar refractivity (Wildman–Crippen MR) is 121 cm³/mol. The van der Waals surface area contributed by atoms with Gasteiger partial charge in [0.2, 0.25) is 0 Å². The number of likely N-dealkylation sites (tertiary alicyclic amines) is 1. The molecule has 160 valence electrons. The molecule has 1 unspecified atom stereocenters. The van der Waals surface area contributed by atoms with Crippen molar-refractivity contribution in [2.24, 2.45) is 10.7 Å². The molecule has 6 heteroatoms. The highest BCUT2D eigenvalue weighted by Crippen LogP contribution is 2.32. The average Bonchev–Trinajstić information content (AvgIpc) is 3.00. The van der Waals surface area contributed by atoms with E-state index in [1.165, 1.54) is 36.9 Å². The van der Waals surface area contributed by atoms with E-state index in [1.54, 1.807) is 0 Å². The Bertz CT molecular complexity index is 883. The van der Waals surface area contributed by atoms with Crippen molar-refractivity contribution in [3.8, 4) is 11.5 Å². The number of aliphatic imine (C=N–C) groups is 1. The topological polar surface area (TPSA) is 72.1 Å². The minimum atomic E-state index is 0.394. The summed E-state index contributed by atoms with van der Waals surface area (Å²) >= 11 is 0. The fraction of sp³-hybridized carbons (Fsp3) is 0.458. The highest BCUT2D eigenvalue weighted by atomic mass is 16.5. The Morgan fingerprint density at radius 1 is 1.07 bits per heavy atom. The van der Waals surface area contributed by atoms with Gasteiger partial charge in [0.05, 0.1) is 19.8 Å². The van der Waals surface area contributed by atoms with Crippen LogP contribution in [-0.2, 0) is 13.1 Å². The van der Waals surface area contributed by atoms with E-state index < -0.39 is 0 Å². The van der Waals surface area contributed by atoms with Gasteiger partial charge in [-0.2, -0.15) is 0 Å². The molecule has 1 saturated heterocycles. The summed E-state index contributed by atoms with van der Waals surface area (Å²) in [5.41, 5.74) is 9.57. The molecule has 0 bridgehead atoms. The summed E-state index contributed by atoms with van der Waals surface area (Å²) in [5, 5.41) is 3.17. The van der Waals surface area contributed by atoms with Crippen LogP contribution in [0.15, 0.2) is 47.5 Å². The second kappa shape index (κ2) is 9.85. The predicted octanol–water partition coefficient (Wildman–Crippen LogP) is 4.15. The molecule has 2 aromatic carbocycles. The summed E-state index contributed by atoms with van der Waals surface area (Å²) < 4.78 is 11.4. The second-order valence-corrected chi connectivity index (χ2v) is 8.12. The Balaban J connectivity index is 1.40. The molecule has 2 aliphatic heterocycles. The Morgan fingerprint density at radius 3 is 2.70 bits per heavy atom. The summed E-state index contributed by atoms with van der Waals surface area (Å²) in [7, 11) is 0.